The van der Waals surface area contributed by atoms with Crippen LogP contribution in [-0.2, 0) is 24.1 Å². The van der Waals surface area contributed by atoms with Crippen LogP contribution in [0.15, 0.2) is 12.1 Å². The standard InChI is InChI=1S/C19H20ClF5N4O/c1-18(2,3)8-14(30)26-17-11(20)7-12(15(21)16(17)22)28-4-5-29-10(9-28)6-13(27-29)19(23,24)25/h6-7H,4-5,8-9H2,1-3H3,(H,26,30). The van der Waals surface area contributed by atoms with E-state index in [9.17, 15) is 26.7 Å². The molecule has 1 aromatic carbocycles. The van der Waals surface area contributed by atoms with E-state index in [2.05, 4.69) is 10.4 Å². The van der Waals surface area contributed by atoms with Crippen LogP contribution in [0.25, 0.3) is 0 Å². The molecule has 0 fully saturated rings. The van der Waals surface area contributed by atoms with Crippen molar-refractivity contribution in [2.75, 3.05) is 16.8 Å². The number of benzene rings is 1. The Kier molecular flexibility index (Phi) is 5.74. The Bertz CT molecular complexity index is 981. The van der Waals surface area contributed by atoms with E-state index in [1.165, 1.54) is 9.58 Å². The lowest BCUT2D eigenvalue weighted by Gasteiger charge is -2.30. The fraction of sp³-hybridized carbons (Fsp3) is 0.474. The van der Waals surface area contributed by atoms with Gasteiger partial charge in [-0.3, -0.25) is 9.48 Å². The van der Waals surface area contributed by atoms with E-state index in [0.717, 1.165) is 12.1 Å². The van der Waals surface area contributed by atoms with E-state index >= 15 is 0 Å². The molecule has 2 aromatic rings. The highest BCUT2D eigenvalue weighted by molar-refractivity contribution is 6.34. The molecule has 1 amide bonds. The largest absolute Gasteiger partial charge is 0.435 e. The average Bonchev–Trinajstić information content (AvgIpc) is 3.04. The van der Waals surface area contributed by atoms with Gasteiger partial charge in [0.1, 0.15) is 0 Å². The number of carbonyl (C=O) groups is 1. The topological polar surface area (TPSA) is 50.2 Å². The molecule has 0 radical (unpaired) electrons. The van der Waals surface area contributed by atoms with Crippen molar-refractivity contribution >= 4 is 28.9 Å². The molecule has 0 unspecified atom stereocenters. The van der Waals surface area contributed by atoms with Crippen molar-refractivity contribution in [3.63, 3.8) is 0 Å². The van der Waals surface area contributed by atoms with Gasteiger partial charge in [0.2, 0.25) is 5.91 Å². The van der Waals surface area contributed by atoms with Crippen molar-refractivity contribution in [1.82, 2.24) is 9.78 Å². The highest BCUT2D eigenvalue weighted by atomic mass is 35.5. The zero-order valence-corrected chi connectivity index (χ0v) is 17.3. The van der Waals surface area contributed by atoms with Gasteiger partial charge in [0, 0.05) is 13.0 Å². The van der Waals surface area contributed by atoms with Gasteiger partial charge < -0.3 is 10.2 Å². The van der Waals surface area contributed by atoms with Gasteiger partial charge in [0.15, 0.2) is 17.3 Å². The van der Waals surface area contributed by atoms with Crippen molar-refractivity contribution in [2.24, 2.45) is 5.41 Å². The number of fused-ring (bicyclic) bond motifs is 1. The molecule has 11 heteroatoms. The van der Waals surface area contributed by atoms with E-state index in [4.69, 9.17) is 11.6 Å². The lowest BCUT2D eigenvalue weighted by Crippen LogP contribution is -2.34. The Labute approximate surface area is 174 Å². The zero-order chi connectivity index (χ0) is 22.4. The quantitative estimate of drug-likeness (QED) is 0.514. The molecule has 0 atom stereocenters. The molecular weight excluding hydrogens is 431 g/mol. The minimum atomic E-state index is -4.59. The Balaban J connectivity index is 1.86. The predicted octanol–water partition coefficient (Wildman–Crippen LogP) is 5.23. The van der Waals surface area contributed by atoms with Gasteiger partial charge in [0.25, 0.3) is 0 Å². The van der Waals surface area contributed by atoms with Gasteiger partial charge in [0.05, 0.1) is 35.2 Å². The average molecular weight is 451 g/mol. The number of carbonyl (C=O) groups excluding carboxylic acids is 1. The Morgan fingerprint density at radius 3 is 2.43 bits per heavy atom. The van der Waals surface area contributed by atoms with Gasteiger partial charge in [-0.05, 0) is 17.5 Å². The number of halogens is 6. The number of alkyl halides is 3. The molecule has 1 N–H and O–H groups in total. The summed E-state index contributed by atoms with van der Waals surface area (Å²) in [5.41, 5.74) is -1.86. The first-order valence-electron chi connectivity index (χ1n) is 9.12. The monoisotopic (exact) mass is 450 g/mol. The number of amides is 1. The number of hydrogen-bond acceptors (Lipinski definition) is 3. The number of nitrogens with one attached hydrogen (secondary N) is 1. The van der Waals surface area contributed by atoms with Gasteiger partial charge in [-0.2, -0.15) is 18.3 Å². The number of nitrogens with zero attached hydrogens (tertiary/aromatic N) is 3. The van der Waals surface area contributed by atoms with Crippen LogP contribution in [0, 0.1) is 17.0 Å². The van der Waals surface area contributed by atoms with Crippen molar-refractivity contribution < 1.29 is 26.7 Å². The van der Waals surface area contributed by atoms with Gasteiger partial charge in [-0.25, -0.2) is 8.78 Å². The molecule has 164 valence electrons. The van der Waals surface area contributed by atoms with Crippen molar-refractivity contribution in [3.8, 4) is 0 Å². The molecule has 0 saturated heterocycles. The first kappa shape index (κ1) is 22.3. The van der Waals surface area contributed by atoms with Crippen molar-refractivity contribution in [2.45, 2.75) is 46.5 Å². The molecule has 0 saturated carbocycles. The smallest absolute Gasteiger partial charge is 0.361 e. The van der Waals surface area contributed by atoms with Crippen LogP contribution in [0.3, 0.4) is 0 Å². The number of hydrogen-bond donors (Lipinski definition) is 1. The van der Waals surface area contributed by atoms with Crippen molar-refractivity contribution in [3.05, 3.63) is 40.2 Å². The van der Waals surface area contributed by atoms with Crippen LogP contribution in [-0.4, -0.2) is 22.2 Å². The third kappa shape index (κ3) is 4.69. The van der Waals surface area contributed by atoms with Crippen LogP contribution in [0.5, 0.6) is 0 Å². The molecule has 5 nitrogen and oxygen atoms in total. The first-order chi connectivity index (χ1) is 13.8. The van der Waals surface area contributed by atoms with Crippen molar-refractivity contribution in [1.29, 1.82) is 0 Å². The van der Waals surface area contributed by atoms with Gasteiger partial charge in [-0.15, -0.1) is 0 Å². The summed E-state index contributed by atoms with van der Waals surface area (Å²) in [7, 11) is 0. The zero-order valence-electron chi connectivity index (χ0n) is 16.5. The third-order valence-electron chi connectivity index (χ3n) is 4.52. The number of aromatic nitrogens is 2. The lowest BCUT2D eigenvalue weighted by molar-refractivity contribution is -0.141. The molecule has 1 aliphatic rings. The van der Waals surface area contributed by atoms with E-state index in [1.807, 2.05) is 20.8 Å². The Morgan fingerprint density at radius 2 is 1.83 bits per heavy atom. The van der Waals surface area contributed by atoms with Crippen LogP contribution >= 0.6 is 11.6 Å². The Morgan fingerprint density at radius 1 is 1.17 bits per heavy atom. The normalized spacial score (nSPS) is 14.6. The van der Waals surface area contributed by atoms with Crippen LogP contribution in [0.4, 0.5) is 33.3 Å². The van der Waals surface area contributed by atoms with Crippen LogP contribution in [0.2, 0.25) is 5.02 Å². The summed E-state index contributed by atoms with van der Waals surface area (Å²) in [6.45, 7) is 5.52. The van der Waals surface area contributed by atoms with E-state index < -0.39 is 35.1 Å². The fourth-order valence-corrected chi connectivity index (χ4v) is 3.44. The SMILES string of the molecule is CC(C)(C)CC(=O)Nc1c(Cl)cc(N2CCn3nc(C(F)(F)F)cc3C2)c(F)c1F. The summed E-state index contributed by atoms with van der Waals surface area (Å²) in [6.07, 6.45) is -4.52. The first-order valence-corrected chi connectivity index (χ1v) is 9.50. The minimum absolute atomic E-state index is 0.0637. The summed E-state index contributed by atoms with van der Waals surface area (Å²) in [5, 5.41) is 5.60. The van der Waals surface area contributed by atoms with Crippen LogP contribution in [0.1, 0.15) is 38.6 Å². The molecule has 0 bridgehead atoms. The highest BCUT2D eigenvalue weighted by Gasteiger charge is 2.36. The second-order valence-corrected chi connectivity index (χ2v) is 8.74. The molecular formula is C19H20ClF5N4O. The number of anilines is 2. The number of rotatable bonds is 3. The third-order valence-corrected chi connectivity index (χ3v) is 4.82. The molecule has 0 aliphatic carbocycles. The second kappa shape index (κ2) is 7.72. The van der Waals surface area contributed by atoms with Gasteiger partial charge in [-0.1, -0.05) is 32.4 Å². The summed E-state index contributed by atoms with van der Waals surface area (Å²) < 4.78 is 69.2. The predicted molar refractivity (Wildman–Crippen MR) is 102 cm³/mol. The Hall–Kier alpha value is -2.36. The summed E-state index contributed by atoms with van der Waals surface area (Å²) in [6, 6.07) is 2.03. The lowest BCUT2D eigenvalue weighted by atomic mass is 9.92. The van der Waals surface area contributed by atoms with Gasteiger partial charge >= 0.3 is 6.18 Å². The molecule has 3 rings (SSSR count). The maximum atomic E-state index is 14.8. The minimum Gasteiger partial charge on any atom is -0.361 e. The van der Waals surface area contributed by atoms with E-state index in [0.29, 0.717) is 0 Å². The molecule has 0 spiro atoms. The van der Waals surface area contributed by atoms with Crippen LogP contribution < -0.4 is 10.2 Å². The fourth-order valence-electron chi connectivity index (χ4n) is 3.20. The summed E-state index contributed by atoms with van der Waals surface area (Å²) >= 11 is 6.09. The molecule has 1 aliphatic heterocycles. The summed E-state index contributed by atoms with van der Waals surface area (Å²) in [4.78, 5) is 13.5. The summed E-state index contributed by atoms with van der Waals surface area (Å²) in [5.74, 6) is -3.08. The maximum Gasteiger partial charge on any atom is 0.435 e. The van der Waals surface area contributed by atoms with E-state index in [1.54, 1.807) is 0 Å². The highest BCUT2D eigenvalue weighted by Crippen LogP contribution is 2.37. The molecule has 30 heavy (non-hydrogen) atoms. The van der Waals surface area contributed by atoms with E-state index in [-0.39, 0.29) is 47.9 Å². The molecule has 1 aromatic heterocycles. The molecule has 2 heterocycles. The maximum absolute atomic E-state index is 14.8. The second-order valence-electron chi connectivity index (χ2n) is 8.33.